The summed E-state index contributed by atoms with van der Waals surface area (Å²) in [6.45, 7) is 3.20. The third-order valence-electron chi connectivity index (χ3n) is 4.52. The van der Waals surface area contributed by atoms with E-state index in [4.69, 9.17) is 0 Å². The second kappa shape index (κ2) is 6.67. The van der Waals surface area contributed by atoms with Crippen LogP contribution in [0.2, 0.25) is 0 Å². The van der Waals surface area contributed by atoms with Crippen LogP contribution in [-0.4, -0.2) is 43.5 Å². The van der Waals surface area contributed by atoms with Crippen molar-refractivity contribution in [1.82, 2.24) is 24.3 Å². The molecule has 0 amide bonds. The van der Waals surface area contributed by atoms with Gasteiger partial charge in [0.25, 0.3) is 0 Å². The van der Waals surface area contributed by atoms with Crippen LogP contribution in [0.3, 0.4) is 0 Å². The van der Waals surface area contributed by atoms with Crippen molar-refractivity contribution in [3.63, 3.8) is 0 Å². The second-order valence-corrected chi connectivity index (χ2v) is 6.58. The van der Waals surface area contributed by atoms with Crippen LogP contribution in [0.5, 0.6) is 0 Å². The maximum atomic E-state index is 13.0. The van der Waals surface area contributed by atoms with E-state index < -0.39 is 11.9 Å². The van der Waals surface area contributed by atoms with Gasteiger partial charge in [-0.3, -0.25) is 0 Å². The van der Waals surface area contributed by atoms with Gasteiger partial charge >= 0.3 is 6.18 Å². The fourth-order valence-electron chi connectivity index (χ4n) is 3.30. The standard InChI is InChI=1S/C17H18F3N7/c1-11-7-14(23-10-22-11)24-12-3-2-5-26(8-12)15-16-25-13(17(18,19)20)9-27(16)6-4-21-15/h4,6-7,9-10,12H,2-3,5,8H2,1H3,(H,22,23,24). The molecule has 27 heavy (non-hydrogen) atoms. The quantitative estimate of drug-likeness (QED) is 0.757. The molecule has 1 fully saturated rings. The molecule has 3 aromatic rings. The van der Waals surface area contributed by atoms with E-state index in [-0.39, 0.29) is 11.7 Å². The zero-order valence-electron chi connectivity index (χ0n) is 14.6. The van der Waals surface area contributed by atoms with Gasteiger partial charge < -0.3 is 14.6 Å². The molecule has 0 aromatic carbocycles. The minimum Gasteiger partial charge on any atom is -0.365 e. The maximum absolute atomic E-state index is 13.0. The molecule has 0 radical (unpaired) electrons. The highest BCUT2D eigenvalue weighted by molar-refractivity contribution is 5.65. The van der Waals surface area contributed by atoms with E-state index >= 15 is 0 Å². The first-order valence-corrected chi connectivity index (χ1v) is 8.61. The third-order valence-corrected chi connectivity index (χ3v) is 4.52. The van der Waals surface area contributed by atoms with Gasteiger partial charge in [0.15, 0.2) is 17.2 Å². The molecule has 1 aliphatic heterocycles. The van der Waals surface area contributed by atoms with Crippen LogP contribution in [0.25, 0.3) is 5.65 Å². The summed E-state index contributed by atoms with van der Waals surface area (Å²) in [5, 5.41) is 3.37. The van der Waals surface area contributed by atoms with Crippen molar-refractivity contribution in [2.75, 3.05) is 23.3 Å². The lowest BCUT2D eigenvalue weighted by Crippen LogP contribution is -2.42. The van der Waals surface area contributed by atoms with E-state index in [9.17, 15) is 13.2 Å². The molecule has 0 saturated carbocycles. The van der Waals surface area contributed by atoms with Crippen LogP contribution in [-0.2, 0) is 6.18 Å². The van der Waals surface area contributed by atoms with Crippen molar-refractivity contribution < 1.29 is 13.2 Å². The number of hydrogen-bond acceptors (Lipinski definition) is 6. The molecule has 4 heterocycles. The maximum Gasteiger partial charge on any atom is 0.434 e. The van der Waals surface area contributed by atoms with Crippen LogP contribution < -0.4 is 10.2 Å². The van der Waals surface area contributed by atoms with E-state index in [0.717, 1.165) is 30.6 Å². The third kappa shape index (κ3) is 3.64. The van der Waals surface area contributed by atoms with Gasteiger partial charge in [-0.05, 0) is 19.8 Å². The van der Waals surface area contributed by atoms with Gasteiger partial charge in [0.1, 0.15) is 12.1 Å². The molecule has 1 aliphatic rings. The van der Waals surface area contributed by atoms with Crippen molar-refractivity contribution in [3.8, 4) is 0 Å². The Morgan fingerprint density at radius 2 is 2.07 bits per heavy atom. The molecule has 142 valence electrons. The molecule has 4 rings (SSSR count). The van der Waals surface area contributed by atoms with E-state index in [2.05, 4.69) is 25.3 Å². The molecule has 0 spiro atoms. The Hall–Kier alpha value is -2.91. The molecule has 10 heteroatoms. The van der Waals surface area contributed by atoms with Crippen LogP contribution in [0.15, 0.2) is 31.0 Å². The molecule has 1 saturated heterocycles. The predicted molar refractivity (Wildman–Crippen MR) is 93.6 cm³/mol. The number of alkyl halides is 3. The average molecular weight is 377 g/mol. The normalized spacial score (nSPS) is 18.1. The minimum absolute atomic E-state index is 0.104. The van der Waals surface area contributed by atoms with Gasteiger partial charge in [-0.1, -0.05) is 0 Å². The van der Waals surface area contributed by atoms with Crippen molar-refractivity contribution >= 4 is 17.3 Å². The molecular weight excluding hydrogens is 359 g/mol. The number of imidazole rings is 1. The first kappa shape index (κ1) is 17.5. The Morgan fingerprint density at radius 3 is 2.85 bits per heavy atom. The van der Waals surface area contributed by atoms with E-state index in [1.54, 1.807) is 0 Å². The Labute approximate surface area is 153 Å². The number of anilines is 2. The Morgan fingerprint density at radius 1 is 1.22 bits per heavy atom. The highest BCUT2D eigenvalue weighted by Gasteiger charge is 2.35. The van der Waals surface area contributed by atoms with E-state index in [1.165, 1.54) is 23.1 Å². The molecule has 7 nitrogen and oxygen atoms in total. The second-order valence-electron chi connectivity index (χ2n) is 6.58. The molecule has 1 unspecified atom stereocenters. The summed E-state index contributed by atoms with van der Waals surface area (Å²) in [4.78, 5) is 18.3. The number of fused-ring (bicyclic) bond motifs is 1. The molecule has 1 N–H and O–H groups in total. The zero-order chi connectivity index (χ0) is 19.0. The SMILES string of the molecule is Cc1cc(NC2CCCN(c3nccn4cc(C(F)(F)F)nc34)C2)ncn1. The highest BCUT2D eigenvalue weighted by atomic mass is 19.4. The number of halogens is 3. The molecule has 0 aliphatic carbocycles. The van der Waals surface area contributed by atoms with Crippen molar-refractivity contribution in [2.45, 2.75) is 32.0 Å². The number of hydrogen-bond donors (Lipinski definition) is 1. The van der Waals surface area contributed by atoms with Crippen molar-refractivity contribution in [1.29, 1.82) is 0 Å². The fraction of sp³-hybridized carbons (Fsp3) is 0.412. The molecule has 0 bridgehead atoms. The van der Waals surface area contributed by atoms with Gasteiger partial charge in [-0.15, -0.1) is 0 Å². The number of piperidine rings is 1. The number of nitrogens with zero attached hydrogens (tertiary/aromatic N) is 6. The summed E-state index contributed by atoms with van der Waals surface area (Å²) in [6.07, 6.45) is 2.80. The lowest BCUT2D eigenvalue weighted by Gasteiger charge is -2.34. The zero-order valence-corrected chi connectivity index (χ0v) is 14.6. The summed E-state index contributed by atoms with van der Waals surface area (Å²) in [5.41, 5.74) is 0.159. The number of nitrogens with one attached hydrogen (secondary N) is 1. The Balaban J connectivity index is 1.58. The molecule has 1 atom stereocenters. The summed E-state index contributed by atoms with van der Waals surface area (Å²) in [5.74, 6) is 1.19. The van der Waals surface area contributed by atoms with Gasteiger partial charge in [-0.25, -0.2) is 19.9 Å². The van der Waals surface area contributed by atoms with Gasteiger partial charge in [0.2, 0.25) is 0 Å². The van der Waals surface area contributed by atoms with E-state index in [0.29, 0.717) is 18.9 Å². The lowest BCUT2D eigenvalue weighted by molar-refractivity contribution is -0.140. The number of rotatable bonds is 3. The van der Waals surface area contributed by atoms with Crippen LogP contribution in [0, 0.1) is 6.92 Å². The van der Waals surface area contributed by atoms with Gasteiger partial charge in [-0.2, -0.15) is 13.2 Å². The summed E-state index contributed by atoms with van der Waals surface area (Å²) < 4.78 is 40.4. The van der Waals surface area contributed by atoms with Gasteiger partial charge in [0, 0.05) is 49.5 Å². The summed E-state index contributed by atoms with van der Waals surface area (Å²) in [6, 6.07) is 1.97. The average Bonchev–Trinajstić information content (AvgIpc) is 3.07. The minimum atomic E-state index is -4.49. The fourth-order valence-corrected chi connectivity index (χ4v) is 3.30. The van der Waals surface area contributed by atoms with Crippen molar-refractivity contribution in [3.05, 3.63) is 42.4 Å². The van der Waals surface area contributed by atoms with Crippen LogP contribution in [0.4, 0.5) is 24.8 Å². The molecule has 3 aromatic heterocycles. The summed E-state index contributed by atoms with van der Waals surface area (Å²) >= 11 is 0. The predicted octanol–water partition coefficient (Wildman–Crippen LogP) is 2.93. The highest BCUT2D eigenvalue weighted by Crippen LogP contribution is 2.31. The largest absolute Gasteiger partial charge is 0.434 e. The number of aryl methyl sites for hydroxylation is 1. The topological polar surface area (TPSA) is 71.2 Å². The monoisotopic (exact) mass is 377 g/mol. The smallest absolute Gasteiger partial charge is 0.365 e. The number of aromatic nitrogens is 5. The van der Waals surface area contributed by atoms with Crippen LogP contribution >= 0.6 is 0 Å². The van der Waals surface area contributed by atoms with Gasteiger partial charge in [0.05, 0.1) is 0 Å². The van der Waals surface area contributed by atoms with Crippen molar-refractivity contribution in [2.24, 2.45) is 0 Å². The lowest BCUT2D eigenvalue weighted by atomic mass is 10.1. The van der Waals surface area contributed by atoms with E-state index in [1.807, 2.05) is 17.9 Å². The summed E-state index contributed by atoms with van der Waals surface area (Å²) in [7, 11) is 0. The first-order chi connectivity index (χ1) is 12.9. The van der Waals surface area contributed by atoms with Crippen LogP contribution in [0.1, 0.15) is 24.2 Å². The first-order valence-electron chi connectivity index (χ1n) is 8.61. The Bertz CT molecular complexity index is 953. The molecular formula is C17H18F3N7. The Kier molecular flexibility index (Phi) is 4.33.